The lowest BCUT2D eigenvalue weighted by Crippen LogP contribution is -2.48. The number of nitrogens with zero attached hydrogens (tertiary/aromatic N) is 5. The number of thioether (sulfide) groups is 1. The van der Waals surface area contributed by atoms with Crippen LogP contribution in [0.4, 0.5) is 5.82 Å². The zero-order chi connectivity index (χ0) is 22.7. The third-order valence-electron chi connectivity index (χ3n) is 6.30. The Kier molecular flexibility index (Phi) is 6.98. The molecule has 0 spiro atoms. The van der Waals surface area contributed by atoms with Crippen LogP contribution in [-0.2, 0) is 10.5 Å². The van der Waals surface area contributed by atoms with Gasteiger partial charge < -0.3 is 14.7 Å². The lowest BCUT2D eigenvalue weighted by Gasteiger charge is -2.35. The third kappa shape index (κ3) is 5.06. The number of hydrogen-bond donors (Lipinski definition) is 0. The molecule has 0 aliphatic carbocycles. The topological polar surface area (TPSA) is 69.6 Å². The highest BCUT2D eigenvalue weighted by Crippen LogP contribution is 2.27. The van der Waals surface area contributed by atoms with Crippen LogP contribution < -0.4 is 4.90 Å². The predicted octanol–water partition coefficient (Wildman–Crippen LogP) is 3.29. The number of likely N-dealkylation sites (tertiary alicyclic amines) is 1. The number of aryl methyl sites for hydroxylation is 1. The van der Waals surface area contributed by atoms with Gasteiger partial charge in [-0.25, -0.2) is 9.97 Å². The first-order valence-electron chi connectivity index (χ1n) is 11.3. The van der Waals surface area contributed by atoms with Crippen molar-refractivity contribution >= 4 is 29.4 Å². The monoisotopic (exact) mass is 453 g/mol. The first kappa shape index (κ1) is 22.6. The molecule has 1 aromatic heterocycles. The molecule has 170 valence electrons. The van der Waals surface area contributed by atoms with Crippen molar-refractivity contribution in [3.63, 3.8) is 0 Å². The minimum Gasteiger partial charge on any atom is -0.353 e. The van der Waals surface area contributed by atoms with Gasteiger partial charge in [0.2, 0.25) is 5.91 Å². The Labute approximate surface area is 194 Å². The smallest absolute Gasteiger partial charge is 0.253 e. The highest BCUT2D eigenvalue weighted by Gasteiger charge is 2.23. The van der Waals surface area contributed by atoms with E-state index in [4.69, 9.17) is 9.97 Å². The molecule has 3 heterocycles. The van der Waals surface area contributed by atoms with Crippen LogP contribution in [0.15, 0.2) is 29.4 Å². The fraction of sp³-hybridized carbons (Fsp3) is 0.500. The van der Waals surface area contributed by atoms with Crippen molar-refractivity contribution in [2.24, 2.45) is 0 Å². The Bertz CT molecular complexity index is 998. The molecule has 0 N–H and O–H groups in total. The van der Waals surface area contributed by atoms with Gasteiger partial charge in [-0.1, -0.05) is 23.9 Å². The van der Waals surface area contributed by atoms with Crippen molar-refractivity contribution in [3.8, 4) is 0 Å². The summed E-state index contributed by atoms with van der Waals surface area (Å²) in [7, 11) is 0. The molecule has 0 bridgehead atoms. The maximum Gasteiger partial charge on any atom is 0.253 e. The number of aromatic nitrogens is 2. The number of amides is 2. The van der Waals surface area contributed by atoms with Crippen molar-refractivity contribution in [1.29, 1.82) is 0 Å². The molecule has 2 aliphatic rings. The van der Waals surface area contributed by atoms with E-state index in [9.17, 15) is 9.59 Å². The molecule has 0 atom stereocenters. The number of anilines is 1. The number of carbonyl (C=O) groups is 2. The fourth-order valence-corrected chi connectivity index (χ4v) is 5.07. The molecule has 2 saturated heterocycles. The molecule has 2 aromatic rings. The van der Waals surface area contributed by atoms with E-state index in [0.29, 0.717) is 5.75 Å². The molecule has 2 fully saturated rings. The second-order valence-electron chi connectivity index (χ2n) is 8.52. The summed E-state index contributed by atoms with van der Waals surface area (Å²) in [5.74, 6) is 1.92. The summed E-state index contributed by atoms with van der Waals surface area (Å²) in [5, 5.41) is 0.744. The van der Waals surface area contributed by atoms with Crippen molar-refractivity contribution in [1.82, 2.24) is 19.8 Å². The van der Waals surface area contributed by atoms with E-state index in [1.54, 1.807) is 18.7 Å². The molecule has 2 amide bonds. The summed E-state index contributed by atoms with van der Waals surface area (Å²) in [5.41, 5.74) is 3.92. The maximum atomic E-state index is 12.7. The lowest BCUT2D eigenvalue weighted by atomic mass is 10.1. The molecule has 32 heavy (non-hydrogen) atoms. The molecular formula is C24H31N5O2S. The van der Waals surface area contributed by atoms with E-state index in [-0.39, 0.29) is 11.8 Å². The van der Waals surface area contributed by atoms with Crippen LogP contribution in [-0.4, -0.2) is 70.9 Å². The number of carbonyl (C=O) groups excluding carboxylic acids is 2. The highest BCUT2D eigenvalue weighted by molar-refractivity contribution is 7.98. The van der Waals surface area contributed by atoms with Crippen molar-refractivity contribution in [2.45, 2.75) is 44.5 Å². The van der Waals surface area contributed by atoms with Crippen molar-refractivity contribution < 1.29 is 9.59 Å². The fourth-order valence-electron chi connectivity index (χ4n) is 4.24. The second kappa shape index (κ2) is 9.90. The first-order valence-corrected chi connectivity index (χ1v) is 12.3. The predicted molar refractivity (Wildman–Crippen MR) is 127 cm³/mol. The van der Waals surface area contributed by atoms with Crippen molar-refractivity contribution in [2.75, 3.05) is 44.2 Å². The van der Waals surface area contributed by atoms with Crippen LogP contribution in [0.2, 0.25) is 0 Å². The number of hydrogen-bond acceptors (Lipinski definition) is 6. The van der Waals surface area contributed by atoms with Gasteiger partial charge in [-0.15, -0.1) is 0 Å². The van der Waals surface area contributed by atoms with Gasteiger partial charge in [-0.05, 0) is 44.4 Å². The molecule has 8 heteroatoms. The molecular weight excluding hydrogens is 422 g/mol. The standard InChI is InChI=1S/C24H31N5O2S/c1-17-18(2)25-24(26-22(17)28-13-11-27(12-14-28)19(3)30)32-16-20-7-6-8-21(15-20)23(31)29-9-4-5-10-29/h6-8,15H,4-5,9-14,16H2,1-3H3. The van der Waals surface area contributed by atoms with E-state index in [2.05, 4.69) is 17.9 Å². The largest absolute Gasteiger partial charge is 0.353 e. The Morgan fingerprint density at radius 2 is 1.69 bits per heavy atom. The lowest BCUT2D eigenvalue weighted by molar-refractivity contribution is -0.129. The number of piperazine rings is 1. The normalized spacial score (nSPS) is 16.5. The minimum atomic E-state index is 0.127. The van der Waals surface area contributed by atoms with Gasteiger partial charge in [0.25, 0.3) is 5.91 Å². The quantitative estimate of drug-likeness (QED) is 0.511. The van der Waals surface area contributed by atoms with Gasteiger partial charge >= 0.3 is 0 Å². The Morgan fingerprint density at radius 3 is 2.38 bits per heavy atom. The van der Waals surface area contributed by atoms with Crippen LogP contribution in [0.1, 0.15) is 46.9 Å². The molecule has 0 radical (unpaired) electrons. The van der Waals surface area contributed by atoms with Gasteiger partial charge in [0.15, 0.2) is 5.16 Å². The van der Waals surface area contributed by atoms with Gasteiger partial charge in [0, 0.05) is 68.8 Å². The van der Waals surface area contributed by atoms with E-state index in [1.165, 1.54) is 0 Å². The Balaban J connectivity index is 1.44. The second-order valence-corrected chi connectivity index (χ2v) is 9.46. The molecule has 2 aliphatic heterocycles. The summed E-state index contributed by atoms with van der Waals surface area (Å²) >= 11 is 1.59. The highest BCUT2D eigenvalue weighted by atomic mass is 32.2. The zero-order valence-electron chi connectivity index (χ0n) is 19.1. The molecule has 0 saturated carbocycles. The van der Waals surface area contributed by atoms with Crippen LogP contribution >= 0.6 is 11.8 Å². The Hall–Kier alpha value is -2.61. The van der Waals surface area contributed by atoms with Crippen molar-refractivity contribution in [3.05, 3.63) is 46.6 Å². The van der Waals surface area contributed by atoms with Crippen LogP contribution in [0, 0.1) is 13.8 Å². The summed E-state index contributed by atoms with van der Waals surface area (Å²) < 4.78 is 0. The minimum absolute atomic E-state index is 0.127. The molecule has 7 nitrogen and oxygen atoms in total. The Morgan fingerprint density at radius 1 is 0.969 bits per heavy atom. The first-order chi connectivity index (χ1) is 15.4. The van der Waals surface area contributed by atoms with Gasteiger partial charge in [0.1, 0.15) is 5.82 Å². The third-order valence-corrected chi connectivity index (χ3v) is 7.22. The van der Waals surface area contributed by atoms with Gasteiger partial charge in [-0.3, -0.25) is 9.59 Å². The van der Waals surface area contributed by atoms with E-state index >= 15 is 0 Å². The van der Waals surface area contributed by atoms with Crippen LogP contribution in [0.3, 0.4) is 0 Å². The zero-order valence-corrected chi connectivity index (χ0v) is 20.0. The van der Waals surface area contributed by atoms with Gasteiger partial charge in [-0.2, -0.15) is 0 Å². The number of benzene rings is 1. The summed E-state index contributed by atoms with van der Waals surface area (Å²) in [6, 6.07) is 7.91. The summed E-state index contributed by atoms with van der Waals surface area (Å²) in [6.45, 7) is 10.4. The van der Waals surface area contributed by atoms with Crippen LogP contribution in [0.25, 0.3) is 0 Å². The SMILES string of the molecule is CC(=O)N1CCN(c2nc(SCc3cccc(C(=O)N4CCCC4)c3)nc(C)c2C)CC1. The maximum absolute atomic E-state index is 12.7. The molecule has 1 aromatic carbocycles. The van der Waals surface area contributed by atoms with Gasteiger partial charge in [0.05, 0.1) is 0 Å². The summed E-state index contributed by atoms with van der Waals surface area (Å²) in [6.07, 6.45) is 2.19. The summed E-state index contributed by atoms with van der Waals surface area (Å²) in [4.78, 5) is 40.0. The van der Waals surface area contributed by atoms with Crippen LogP contribution in [0.5, 0.6) is 0 Å². The molecule has 0 unspecified atom stereocenters. The van der Waals surface area contributed by atoms with E-state index in [1.807, 2.05) is 34.9 Å². The average molecular weight is 454 g/mol. The van der Waals surface area contributed by atoms with E-state index < -0.39 is 0 Å². The van der Waals surface area contributed by atoms with E-state index in [0.717, 1.165) is 85.5 Å². The number of rotatable bonds is 5. The molecule has 4 rings (SSSR count). The average Bonchev–Trinajstić information content (AvgIpc) is 3.34.